The maximum Gasteiger partial charge on any atom is 0.215 e. The van der Waals surface area contributed by atoms with Crippen LogP contribution in [0.2, 0.25) is 10.0 Å². The Balaban J connectivity index is 1.61. The van der Waals surface area contributed by atoms with Crippen LogP contribution in [-0.2, 0) is 26.1 Å². The van der Waals surface area contributed by atoms with Gasteiger partial charge in [0.15, 0.2) is 0 Å². The maximum absolute atomic E-state index is 12.4. The predicted octanol–water partition coefficient (Wildman–Crippen LogP) is 4.85. The number of fused-ring (bicyclic) bond motifs is 1. The first-order valence-electron chi connectivity index (χ1n) is 8.82. The fourth-order valence-corrected chi connectivity index (χ4v) is 4.88. The zero-order valence-electron chi connectivity index (χ0n) is 15.3. The number of rotatable bonds is 6. The van der Waals surface area contributed by atoms with Crippen LogP contribution in [0, 0.1) is 0 Å². The molecule has 0 amide bonds. The summed E-state index contributed by atoms with van der Waals surface area (Å²) in [6.07, 6.45) is 0.674. The number of nitrogens with one attached hydrogen (secondary N) is 1. The van der Waals surface area contributed by atoms with E-state index in [4.69, 9.17) is 27.9 Å². The summed E-state index contributed by atoms with van der Waals surface area (Å²) in [6.45, 7) is 5.05. The molecule has 0 aromatic heterocycles. The van der Waals surface area contributed by atoms with Crippen LogP contribution < -0.4 is 4.72 Å². The summed E-state index contributed by atoms with van der Waals surface area (Å²) in [7, 11) is -3.46. The first-order valence-corrected chi connectivity index (χ1v) is 11.2. The molecular formula is C20H23Cl2NO3S. The minimum atomic E-state index is -3.46. The third-order valence-electron chi connectivity index (χ3n) is 4.85. The van der Waals surface area contributed by atoms with Gasteiger partial charge in [-0.3, -0.25) is 0 Å². The summed E-state index contributed by atoms with van der Waals surface area (Å²) in [5, 5.41) is 0.757. The van der Waals surface area contributed by atoms with Crippen molar-refractivity contribution in [1.29, 1.82) is 0 Å². The van der Waals surface area contributed by atoms with Crippen molar-refractivity contribution in [1.82, 2.24) is 4.72 Å². The van der Waals surface area contributed by atoms with Crippen LogP contribution >= 0.6 is 23.2 Å². The van der Waals surface area contributed by atoms with Crippen molar-refractivity contribution in [2.24, 2.45) is 0 Å². The van der Waals surface area contributed by atoms with Gasteiger partial charge < -0.3 is 4.74 Å². The molecule has 0 saturated heterocycles. The molecule has 0 fully saturated rings. The zero-order chi connectivity index (χ0) is 19.7. The molecule has 27 heavy (non-hydrogen) atoms. The molecule has 0 spiro atoms. The average Bonchev–Trinajstić information content (AvgIpc) is 2.60. The molecule has 3 rings (SSSR count). The Morgan fingerprint density at radius 1 is 1.15 bits per heavy atom. The summed E-state index contributed by atoms with van der Waals surface area (Å²) in [5.74, 6) is 0.0381. The Labute approximate surface area is 170 Å². The molecule has 146 valence electrons. The molecule has 2 aromatic carbocycles. The molecule has 1 heterocycles. The normalized spacial score (nSPS) is 18.9. The molecule has 1 aliphatic rings. The molecule has 1 N–H and O–H groups in total. The SMILES string of the molecule is CC1(C)OCC(CCNS(=O)(=O)Cc2ccc(Cl)c(Cl)c2)c2ccccc21. The molecule has 1 aliphatic heterocycles. The maximum atomic E-state index is 12.4. The number of benzene rings is 2. The molecule has 0 bridgehead atoms. The second-order valence-electron chi connectivity index (χ2n) is 7.30. The smallest absolute Gasteiger partial charge is 0.215 e. The van der Waals surface area contributed by atoms with Crippen LogP contribution in [-0.4, -0.2) is 21.6 Å². The lowest BCUT2D eigenvalue weighted by Crippen LogP contribution is -2.34. The zero-order valence-corrected chi connectivity index (χ0v) is 17.7. The monoisotopic (exact) mass is 427 g/mol. The highest BCUT2D eigenvalue weighted by Gasteiger charge is 2.33. The number of hydrogen-bond acceptors (Lipinski definition) is 3. The van der Waals surface area contributed by atoms with Gasteiger partial charge in [0.2, 0.25) is 10.0 Å². The number of sulfonamides is 1. The molecule has 7 heteroatoms. The quantitative estimate of drug-likeness (QED) is 0.716. The van der Waals surface area contributed by atoms with Crippen LogP contribution in [0.3, 0.4) is 0 Å². The van der Waals surface area contributed by atoms with E-state index in [0.717, 1.165) is 0 Å². The Morgan fingerprint density at radius 3 is 2.63 bits per heavy atom. The Hall–Kier alpha value is -1.11. The van der Waals surface area contributed by atoms with E-state index in [-0.39, 0.29) is 17.3 Å². The second-order valence-corrected chi connectivity index (χ2v) is 9.92. The molecule has 0 saturated carbocycles. The van der Waals surface area contributed by atoms with Gasteiger partial charge in [0.1, 0.15) is 0 Å². The summed E-state index contributed by atoms with van der Waals surface area (Å²) >= 11 is 11.8. The second kappa shape index (κ2) is 8.10. The van der Waals surface area contributed by atoms with Gasteiger partial charge in [-0.2, -0.15) is 0 Å². The fourth-order valence-electron chi connectivity index (χ4n) is 3.41. The van der Waals surface area contributed by atoms with Crippen molar-refractivity contribution in [2.75, 3.05) is 13.2 Å². The lowest BCUT2D eigenvalue weighted by molar-refractivity contribution is -0.0436. The van der Waals surface area contributed by atoms with E-state index in [9.17, 15) is 8.42 Å². The molecule has 1 unspecified atom stereocenters. The fraction of sp³-hybridized carbons (Fsp3) is 0.400. The highest BCUT2D eigenvalue weighted by atomic mass is 35.5. The van der Waals surface area contributed by atoms with E-state index < -0.39 is 10.0 Å². The first-order chi connectivity index (χ1) is 12.7. The Morgan fingerprint density at radius 2 is 1.89 bits per heavy atom. The molecular weight excluding hydrogens is 405 g/mol. The van der Waals surface area contributed by atoms with Crippen molar-refractivity contribution in [2.45, 2.75) is 37.5 Å². The number of hydrogen-bond donors (Lipinski definition) is 1. The van der Waals surface area contributed by atoms with Crippen LogP contribution in [0.25, 0.3) is 0 Å². The van der Waals surface area contributed by atoms with Gasteiger partial charge in [-0.1, -0.05) is 53.5 Å². The first kappa shape index (κ1) is 20.6. The standard InChI is InChI=1S/C20H23Cl2NO3S/c1-20(2)17-6-4-3-5-16(17)15(12-26-20)9-10-23-27(24,25)13-14-7-8-18(21)19(22)11-14/h3-8,11,15,23H,9-10,12-13H2,1-2H3. The average molecular weight is 428 g/mol. The van der Waals surface area contributed by atoms with Crippen LogP contribution in [0.5, 0.6) is 0 Å². The van der Waals surface area contributed by atoms with Gasteiger partial charge in [-0.25, -0.2) is 13.1 Å². The Bertz CT molecular complexity index is 929. The summed E-state index contributed by atoms with van der Waals surface area (Å²) in [4.78, 5) is 0. The van der Waals surface area contributed by atoms with Crippen LogP contribution in [0.15, 0.2) is 42.5 Å². The van der Waals surface area contributed by atoms with Crippen LogP contribution in [0.4, 0.5) is 0 Å². The van der Waals surface area contributed by atoms with Gasteiger partial charge >= 0.3 is 0 Å². The van der Waals surface area contributed by atoms with Gasteiger partial charge in [-0.05, 0) is 49.1 Å². The van der Waals surface area contributed by atoms with Gasteiger partial charge in [0.05, 0.1) is 28.0 Å². The largest absolute Gasteiger partial charge is 0.370 e. The van der Waals surface area contributed by atoms with E-state index in [1.165, 1.54) is 11.1 Å². The number of ether oxygens (including phenoxy) is 1. The third-order valence-corrected chi connectivity index (χ3v) is 6.95. The topological polar surface area (TPSA) is 55.4 Å². The lowest BCUT2D eigenvalue weighted by Gasteiger charge is -2.37. The third kappa shape index (κ3) is 5.04. The predicted molar refractivity (Wildman–Crippen MR) is 110 cm³/mol. The summed E-state index contributed by atoms with van der Waals surface area (Å²) in [5.41, 5.74) is 2.68. The van der Waals surface area contributed by atoms with Crippen molar-refractivity contribution in [3.8, 4) is 0 Å². The minimum absolute atomic E-state index is 0.130. The van der Waals surface area contributed by atoms with Crippen LogP contribution in [0.1, 0.15) is 42.9 Å². The highest BCUT2D eigenvalue weighted by Crippen LogP contribution is 2.38. The van der Waals surface area contributed by atoms with Gasteiger partial charge in [0, 0.05) is 12.5 Å². The van der Waals surface area contributed by atoms with Crippen molar-refractivity contribution >= 4 is 33.2 Å². The molecule has 0 aliphatic carbocycles. The molecule has 0 radical (unpaired) electrons. The van der Waals surface area contributed by atoms with E-state index in [0.29, 0.717) is 35.2 Å². The van der Waals surface area contributed by atoms with Gasteiger partial charge in [0.25, 0.3) is 0 Å². The van der Waals surface area contributed by atoms with Gasteiger partial charge in [-0.15, -0.1) is 0 Å². The number of halogens is 2. The minimum Gasteiger partial charge on any atom is -0.370 e. The molecule has 1 atom stereocenters. The van der Waals surface area contributed by atoms with E-state index in [2.05, 4.69) is 30.7 Å². The summed E-state index contributed by atoms with van der Waals surface area (Å²) < 4.78 is 33.4. The summed E-state index contributed by atoms with van der Waals surface area (Å²) in [6, 6.07) is 13.1. The van der Waals surface area contributed by atoms with E-state index in [1.54, 1.807) is 18.2 Å². The molecule has 2 aromatic rings. The van der Waals surface area contributed by atoms with Crippen molar-refractivity contribution in [3.05, 3.63) is 69.2 Å². The Kier molecular flexibility index (Phi) is 6.18. The van der Waals surface area contributed by atoms with Crippen molar-refractivity contribution in [3.63, 3.8) is 0 Å². The van der Waals surface area contributed by atoms with Crippen molar-refractivity contribution < 1.29 is 13.2 Å². The molecule has 4 nitrogen and oxygen atoms in total. The van der Waals surface area contributed by atoms with E-state index >= 15 is 0 Å². The highest BCUT2D eigenvalue weighted by molar-refractivity contribution is 7.88. The lowest BCUT2D eigenvalue weighted by atomic mass is 9.82. The van der Waals surface area contributed by atoms with E-state index in [1.807, 2.05) is 12.1 Å².